The Kier molecular flexibility index (Phi) is 2.76. The van der Waals surface area contributed by atoms with E-state index in [1.165, 1.54) is 12.0 Å². The van der Waals surface area contributed by atoms with Gasteiger partial charge in [0.05, 0.1) is 12.2 Å². The summed E-state index contributed by atoms with van der Waals surface area (Å²) < 4.78 is 5.71. The van der Waals surface area contributed by atoms with Gasteiger partial charge >= 0.3 is 0 Å². The molecule has 4 N–H and O–H groups in total. The van der Waals surface area contributed by atoms with Gasteiger partial charge in [0.1, 0.15) is 5.82 Å². The molecule has 1 aromatic rings. The summed E-state index contributed by atoms with van der Waals surface area (Å²) >= 11 is 0. The number of pyridine rings is 1. The van der Waals surface area contributed by atoms with E-state index in [0.29, 0.717) is 23.7 Å². The molecular weight excluding hydrogens is 288 g/mol. The minimum atomic E-state index is -0.192. The first-order valence-electron chi connectivity index (χ1n) is 8.88. The van der Waals surface area contributed by atoms with Crippen molar-refractivity contribution in [3.05, 3.63) is 23.4 Å². The Labute approximate surface area is 137 Å². The molecule has 1 aromatic heterocycles. The van der Waals surface area contributed by atoms with Crippen molar-refractivity contribution in [3.8, 4) is 0 Å². The van der Waals surface area contributed by atoms with Gasteiger partial charge in [-0.1, -0.05) is 6.07 Å². The van der Waals surface area contributed by atoms with E-state index in [1.807, 2.05) is 0 Å². The maximum atomic E-state index is 6.70. The molecule has 0 radical (unpaired) electrons. The molecule has 2 aliphatic carbocycles. The molecule has 5 heteroatoms. The maximum Gasteiger partial charge on any atom is 0.128 e. The average Bonchev–Trinajstić information content (AvgIpc) is 2.43. The Morgan fingerprint density at radius 1 is 1.22 bits per heavy atom. The van der Waals surface area contributed by atoms with Crippen LogP contribution < -0.4 is 16.4 Å². The van der Waals surface area contributed by atoms with Crippen molar-refractivity contribution in [2.24, 2.45) is 16.9 Å². The lowest BCUT2D eigenvalue weighted by atomic mass is 9.46. The minimum Gasteiger partial charge on any atom is -0.371 e. The Morgan fingerprint density at radius 2 is 1.87 bits per heavy atom. The summed E-state index contributed by atoms with van der Waals surface area (Å²) in [7, 11) is 0. The van der Waals surface area contributed by atoms with Crippen LogP contribution in [-0.4, -0.2) is 36.3 Å². The molecule has 5 fully saturated rings. The van der Waals surface area contributed by atoms with E-state index in [2.05, 4.69) is 24.0 Å². The van der Waals surface area contributed by atoms with Crippen LogP contribution in [0.15, 0.2) is 12.1 Å². The first-order valence-corrected chi connectivity index (χ1v) is 8.88. The van der Waals surface area contributed by atoms with Gasteiger partial charge in [-0.05, 0) is 49.7 Å². The van der Waals surface area contributed by atoms with Crippen molar-refractivity contribution >= 4 is 5.82 Å². The van der Waals surface area contributed by atoms with Crippen LogP contribution in [0.2, 0.25) is 0 Å². The van der Waals surface area contributed by atoms with E-state index in [4.69, 9.17) is 21.2 Å². The van der Waals surface area contributed by atoms with E-state index in [1.54, 1.807) is 0 Å². The number of nitrogens with zero attached hydrogens (tertiary/aromatic N) is 2. The number of hydrogen-bond acceptors (Lipinski definition) is 5. The minimum absolute atomic E-state index is 0.192. The molecule has 0 aromatic carbocycles. The molecule has 0 amide bonds. The number of aryl methyl sites for hydroxylation is 1. The van der Waals surface area contributed by atoms with E-state index in [9.17, 15) is 0 Å². The van der Waals surface area contributed by atoms with E-state index >= 15 is 0 Å². The van der Waals surface area contributed by atoms with Gasteiger partial charge in [0, 0.05) is 36.8 Å². The summed E-state index contributed by atoms with van der Waals surface area (Å²) in [4.78, 5) is 7.23. The molecule has 124 valence electrons. The number of aromatic nitrogens is 1. The van der Waals surface area contributed by atoms with Gasteiger partial charge in [0.25, 0.3) is 0 Å². The summed E-state index contributed by atoms with van der Waals surface area (Å²) in [6.45, 7) is 4.04. The Balaban J connectivity index is 1.34. The summed E-state index contributed by atoms with van der Waals surface area (Å²) in [5.74, 6) is 1.08. The molecule has 6 rings (SSSR count). The smallest absolute Gasteiger partial charge is 0.128 e. The molecule has 2 atom stereocenters. The second-order valence-corrected chi connectivity index (χ2v) is 8.50. The van der Waals surface area contributed by atoms with Crippen LogP contribution in [-0.2, 0) is 10.3 Å². The third-order valence-electron chi connectivity index (χ3n) is 6.46. The molecule has 5 nitrogen and oxygen atoms in total. The highest BCUT2D eigenvalue weighted by molar-refractivity contribution is 5.46. The fraction of sp³-hybridized carbons (Fsp3) is 0.722. The van der Waals surface area contributed by atoms with Gasteiger partial charge in [-0.2, -0.15) is 0 Å². The second-order valence-electron chi connectivity index (χ2n) is 8.50. The summed E-state index contributed by atoms with van der Waals surface area (Å²) in [5.41, 5.74) is 15.2. The zero-order valence-corrected chi connectivity index (χ0v) is 13.8. The zero-order chi connectivity index (χ0) is 15.8. The second kappa shape index (κ2) is 4.47. The van der Waals surface area contributed by atoms with Crippen LogP contribution in [0.25, 0.3) is 0 Å². The third-order valence-corrected chi connectivity index (χ3v) is 6.46. The Hall–Kier alpha value is -1.17. The van der Waals surface area contributed by atoms with Gasteiger partial charge in [-0.25, -0.2) is 4.98 Å². The van der Waals surface area contributed by atoms with Crippen LogP contribution in [0.5, 0.6) is 0 Å². The number of hydrogen-bond donors (Lipinski definition) is 2. The molecular formula is C18H26N4O. The molecule has 1 spiro atoms. The Morgan fingerprint density at radius 3 is 2.43 bits per heavy atom. The molecule has 2 unspecified atom stereocenters. The van der Waals surface area contributed by atoms with E-state index < -0.39 is 0 Å². The molecule has 3 aliphatic heterocycles. The van der Waals surface area contributed by atoms with Gasteiger partial charge in [-0.3, -0.25) is 0 Å². The zero-order valence-electron chi connectivity index (χ0n) is 13.8. The number of anilines is 1. The molecule has 5 aliphatic rings. The predicted molar refractivity (Wildman–Crippen MR) is 89.2 cm³/mol. The number of rotatable bonds is 2. The largest absolute Gasteiger partial charge is 0.371 e. The molecule has 23 heavy (non-hydrogen) atoms. The van der Waals surface area contributed by atoms with Crippen LogP contribution in [0, 0.1) is 12.3 Å². The summed E-state index contributed by atoms with van der Waals surface area (Å²) in [5, 5.41) is 0. The van der Waals surface area contributed by atoms with E-state index in [0.717, 1.165) is 50.3 Å². The van der Waals surface area contributed by atoms with Crippen molar-refractivity contribution < 1.29 is 4.74 Å². The quantitative estimate of drug-likeness (QED) is 0.863. The highest BCUT2D eigenvalue weighted by atomic mass is 16.5. The fourth-order valence-corrected chi connectivity index (χ4v) is 5.61. The SMILES string of the molecule is Cc1nc(N2CC3CC(C2)O3)ccc1C1(N)CC2(CC(N)C2)C1. The number of fused-ring (bicyclic) bond motifs is 2. The lowest BCUT2D eigenvalue weighted by Gasteiger charge is -2.62. The predicted octanol–water partition coefficient (Wildman–Crippen LogP) is 1.42. The van der Waals surface area contributed by atoms with Gasteiger partial charge in [-0.15, -0.1) is 0 Å². The van der Waals surface area contributed by atoms with Crippen molar-refractivity contribution in [1.29, 1.82) is 0 Å². The normalized spacial score (nSPS) is 44.5. The molecule has 4 heterocycles. The fourth-order valence-electron chi connectivity index (χ4n) is 5.61. The van der Waals surface area contributed by atoms with Gasteiger partial charge in [0.15, 0.2) is 0 Å². The molecule has 2 bridgehead atoms. The average molecular weight is 314 g/mol. The number of piperidine rings is 1. The van der Waals surface area contributed by atoms with Crippen LogP contribution >= 0.6 is 0 Å². The highest BCUT2D eigenvalue weighted by Gasteiger charge is 2.58. The van der Waals surface area contributed by atoms with Crippen molar-refractivity contribution in [3.63, 3.8) is 0 Å². The van der Waals surface area contributed by atoms with Crippen molar-refractivity contribution in [2.45, 2.75) is 62.8 Å². The van der Waals surface area contributed by atoms with Crippen LogP contribution in [0.1, 0.15) is 43.4 Å². The van der Waals surface area contributed by atoms with Crippen molar-refractivity contribution in [2.75, 3.05) is 18.0 Å². The molecule has 3 saturated heterocycles. The van der Waals surface area contributed by atoms with Gasteiger partial charge in [0.2, 0.25) is 0 Å². The number of ether oxygens (including phenoxy) is 1. The highest BCUT2D eigenvalue weighted by Crippen LogP contribution is 2.62. The van der Waals surface area contributed by atoms with Crippen LogP contribution in [0.4, 0.5) is 5.82 Å². The van der Waals surface area contributed by atoms with Gasteiger partial charge < -0.3 is 21.1 Å². The van der Waals surface area contributed by atoms with Crippen LogP contribution in [0.3, 0.4) is 0 Å². The summed E-state index contributed by atoms with van der Waals surface area (Å²) in [6.07, 6.45) is 6.45. The monoisotopic (exact) mass is 314 g/mol. The standard InChI is InChI=1S/C18H26N4O/c1-11-15(18(20)9-17(10-18)5-12(19)6-17)2-3-16(21-11)22-7-13-4-14(8-22)23-13/h2-3,12-14H,4-10,19-20H2,1H3. The lowest BCUT2D eigenvalue weighted by molar-refractivity contribution is -0.133. The maximum absolute atomic E-state index is 6.70. The third kappa shape index (κ3) is 2.06. The van der Waals surface area contributed by atoms with E-state index in [-0.39, 0.29) is 5.54 Å². The lowest BCUT2D eigenvalue weighted by Crippen LogP contribution is -2.63. The number of nitrogens with two attached hydrogens (primary N) is 2. The topological polar surface area (TPSA) is 77.4 Å². The van der Waals surface area contributed by atoms with Crippen molar-refractivity contribution in [1.82, 2.24) is 4.98 Å². The summed E-state index contributed by atoms with van der Waals surface area (Å²) in [6, 6.07) is 4.76. The first-order chi connectivity index (χ1) is 10.9. The number of morpholine rings is 1. The first kappa shape index (κ1) is 14.2. The molecule has 2 saturated carbocycles. The Bertz CT molecular complexity index is 630.